The number of aromatic carboxylic acids is 1. The highest BCUT2D eigenvalue weighted by Crippen LogP contribution is 2.38. The molecule has 1 heterocycles. The van der Waals surface area contributed by atoms with E-state index in [-0.39, 0.29) is 0 Å². The summed E-state index contributed by atoms with van der Waals surface area (Å²) in [6.45, 7) is 2.24. The van der Waals surface area contributed by atoms with Gasteiger partial charge in [-0.1, -0.05) is 19.8 Å². The van der Waals surface area contributed by atoms with Crippen molar-refractivity contribution < 1.29 is 9.90 Å². The van der Waals surface area contributed by atoms with Crippen molar-refractivity contribution in [1.82, 2.24) is 4.98 Å². The van der Waals surface area contributed by atoms with E-state index < -0.39 is 5.97 Å². The van der Waals surface area contributed by atoms with Crippen molar-refractivity contribution in [3.8, 4) is 0 Å². The third kappa shape index (κ3) is 3.06. The van der Waals surface area contributed by atoms with Crippen molar-refractivity contribution in [3.63, 3.8) is 0 Å². The van der Waals surface area contributed by atoms with Gasteiger partial charge in [-0.05, 0) is 31.6 Å². The molecule has 0 atom stereocenters. The first-order valence-electron chi connectivity index (χ1n) is 6.39. The fourth-order valence-electron chi connectivity index (χ4n) is 2.68. The van der Waals surface area contributed by atoms with E-state index >= 15 is 0 Å². The number of thiazole rings is 1. The molecular weight excluding hydrogens is 234 g/mol. The van der Waals surface area contributed by atoms with Gasteiger partial charge in [0.2, 0.25) is 0 Å². The molecule has 1 aromatic rings. The lowest BCUT2D eigenvalue weighted by atomic mass is 9.80. The Balaban J connectivity index is 1.93. The molecule has 1 aromatic heterocycles. The van der Waals surface area contributed by atoms with Gasteiger partial charge in [-0.25, -0.2) is 9.78 Å². The van der Waals surface area contributed by atoms with Gasteiger partial charge in [0, 0.05) is 5.92 Å². The molecule has 4 heteroatoms. The van der Waals surface area contributed by atoms with Crippen molar-refractivity contribution in [3.05, 3.63) is 16.1 Å². The SMILES string of the molecule is CCCC1CCC(c2ncc(C(=O)O)s2)CC1. The summed E-state index contributed by atoms with van der Waals surface area (Å²) in [6, 6.07) is 0. The first kappa shape index (κ1) is 12.6. The average Bonchev–Trinajstić information content (AvgIpc) is 2.80. The molecule has 0 amide bonds. The largest absolute Gasteiger partial charge is 0.477 e. The van der Waals surface area contributed by atoms with Crippen LogP contribution in [0.4, 0.5) is 0 Å². The molecule has 1 saturated carbocycles. The van der Waals surface area contributed by atoms with E-state index in [4.69, 9.17) is 5.11 Å². The Morgan fingerprint density at radius 2 is 2.18 bits per heavy atom. The number of nitrogens with zero attached hydrogens (tertiary/aromatic N) is 1. The Kier molecular flexibility index (Phi) is 4.15. The van der Waals surface area contributed by atoms with E-state index in [2.05, 4.69) is 11.9 Å². The molecule has 1 aliphatic carbocycles. The van der Waals surface area contributed by atoms with Crippen LogP contribution in [0.3, 0.4) is 0 Å². The third-order valence-corrected chi connectivity index (χ3v) is 4.78. The molecule has 0 spiro atoms. The molecule has 0 unspecified atom stereocenters. The molecule has 3 nitrogen and oxygen atoms in total. The highest BCUT2D eigenvalue weighted by molar-refractivity contribution is 7.13. The predicted molar refractivity (Wildman–Crippen MR) is 68.7 cm³/mol. The monoisotopic (exact) mass is 253 g/mol. The summed E-state index contributed by atoms with van der Waals surface area (Å²) >= 11 is 1.35. The van der Waals surface area contributed by atoms with Crippen molar-refractivity contribution >= 4 is 17.3 Å². The van der Waals surface area contributed by atoms with Crippen LogP contribution < -0.4 is 0 Å². The van der Waals surface area contributed by atoms with Crippen molar-refractivity contribution in [2.75, 3.05) is 0 Å². The van der Waals surface area contributed by atoms with Gasteiger partial charge < -0.3 is 5.11 Å². The minimum Gasteiger partial charge on any atom is -0.477 e. The number of hydrogen-bond donors (Lipinski definition) is 1. The lowest BCUT2D eigenvalue weighted by Gasteiger charge is -2.26. The molecule has 0 bridgehead atoms. The van der Waals surface area contributed by atoms with E-state index in [1.807, 2.05) is 0 Å². The zero-order valence-corrected chi connectivity index (χ0v) is 11.0. The molecular formula is C13H19NO2S. The van der Waals surface area contributed by atoms with E-state index in [0.717, 1.165) is 10.9 Å². The summed E-state index contributed by atoms with van der Waals surface area (Å²) in [6.07, 6.45) is 9.02. The lowest BCUT2D eigenvalue weighted by Crippen LogP contribution is -2.12. The van der Waals surface area contributed by atoms with Crippen LogP contribution >= 0.6 is 11.3 Å². The number of rotatable bonds is 4. The van der Waals surface area contributed by atoms with Crippen LogP contribution in [-0.2, 0) is 0 Å². The van der Waals surface area contributed by atoms with Gasteiger partial charge >= 0.3 is 5.97 Å². The number of carbonyl (C=O) groups is 1. The molecule has 0 saturated heterocycles. The van der Waals surface area contributed by atoms with Gasteiger partial charge in [-0.15, -0.1) is 11.3 Å². The fourth-order valence-corrected chi connectivity index (χ4v) is 3.61. The zero-order chi connectivity index (χ0) is 12.3. The van der Waals surface area contributed by atoms with Gasteiger partial charge in [0.1, 0.15) is 4.88 Å². The Labute approximate surface area is 106 Å². The first-order chi connectivity index (χ1) is 8.20. The lowest BCUT2D eigenvalue weighted by molar-refractivity contribution is 0.0702. The average molecular weight is 253 g/mol. The minimum absolute atomic E-state index is 0.371. The van der Waals surface area contributed by atoms with E-state index in [0.29, 0.717) is 10.8 Å². The van der Waals surface area contributed by atoms with E-state index in [1.54, 1.807) is 0 Å². The summed E-state index contributed by atoms with van der Waals surface area (Å²) in [5, 5.41) is 9.90. The van der Waals surface area contributed by atoms with Crippen LogP contribution in [0, 0.1) is 5.92 Å². The van der Waals surface area contributed by atoms with Crippen molar-refractivity contribution in [1.29, 1.82) is 0 Å². The second-order valence-corrected chi connectivity index (χ2v) is 5.94. The topological polar surface area (TPSA) is 50.2 Å². The molecule has 1 aliphatic rings. The zero-order valence-electron chi connectivity index (χ0n) is 10.2. The minimum atomic E-state index is -0.853. The highest BCUT2D eigenvalue weighted by Gasteiger charge is 2.24. The number of aromatic nitrogens is 1. The molecule has 0 aromatic carbocycles. The van der Waals surface area contributed by atoms with Crippen LogP contribution in [0.5, 0.6) is 0 Å². The van der Waals surface area contributed by atoms with Gasteiger partial charge in [0.15, 0.2) is 0 Å². The van der Waals surface area contributed by atoms with Crippen LogP contribution in [0.1, 0.15) is 66.0 Å². The smallest absolute Gasteiger partial charge is 0.347 e. The summed E-state index contributed by atoms with van der Waals surface area (Å²) in [7, 11) is 0. The standard InChI is InChI=1S/C13H19NO2S/c1-2-3-9-4-6-10(7-5-9)12-14-8-11(17-12)13(15)16/h8-10H,2-7H2,1H3,(H,15,16). The quantitative estimate of drug-likeness (QED) is 0.885. The second kappa shape index (κ2) is 5.63. The Bertz CT molecular complexity index is 381. The summed E-state index contributed by atoms with van der Waals surface area (Å²) < 4.78 is 0. The molecule has 0 radical (unpaired) electrons. The molecule has 17 heavy (non-hydrogen) atoms. The van der Waals surface area contributed by atoms with Crippen LogP contribution in [0.25, 0.3) is 0 Å². The van der Waals surface area contributed by atoms with Crippen LogP contribution in [-0.4, -0.2) is 16.1 Å². The van der Waals surface area contributed by atoms with Gasteiger partial charge in [0.05, 0.1) is 11.2 Å². The Morgan fingerprint density at radius 3 is 2.71 bits per heavy atom. The second-order valence-electron chi connectivity index (χ2n) is 4.87. The molecule has 1 N–H and O–H groups in total. The maximum atomic E-state index is 10.8. The van der Waals surface area contributed by atoms with Crippen molar-refractivity contribution in [2.45, 2.75) is 51.4 Å². The van der Waals surface area contributed by atoms with E-state index in [9.17, 15) is 4.79 Å². The normalized spacial score (nSPS) is 24.8. The maximum absolute atomic E-state index is 10.8. The fraction of sp³-hybridized carbons (Fsp3) is 0.692. The van der Waals surface area contributed by atoms with Crippen LogP contribution in [0.2, 0.25) is 0 Å². The van der Waals surface area contributed by atoms with Crippen molar-refractivity contribution in [2.24, 2.45) is 5.92 Å². The molecule has 2 rings (SSSR count). The van der Waals surface area contributed by atoms with E-state index in [1.165, 1.54) is 56.1 Å². The van der Waals surface area contributed by atoms with Gasteiger partial charge in [-0.3, -0.25) is 0 Å². The van der Waals surface area contributed by atoms with Crippen LogP contribution in [0.15, 0.2) is 6.20 Å². The predicted octanol–water partition coefficient (Wildman–Crippen LogP) is 3.92. The summed E-state index contributed by atoms with van der Waals surface area (Å²) in [5.74, 6) is 0.532. The number of hydrogen-bond acceptors (Lipinski definition) is 3. The molecule has 1 fully saturated rings. The van der Waals surface area contributed by atoms with Gasteiger partial charge in [0.25, 0.3) is 0 Å². The molecule has 0 aliphatic heterocycles. The number of carboxylic acids is 1. The Morgan fingerprint density at radius 1 is 1.47 bits per heavy atom. The molecule has 94 valence electrons. The summed E-state index contributed by atoms with van der Waals surface area (Å²) in [4.78, 5) is 15.4. The van der Waals surface area contributed by atoms with Gasteiger partial charge in [-0.2, -0.15) is 0 Å². The maximum Gasteiger partial charge on any atom is 0.347 e. The summed E-state index contributed by atoms with van der Waals surface area (Å²) in [5.41, 5.74) is 0. The third-order valence-electron chi connectivity index (χ3n) is 3.63. The highest BCUT2D eigenvalue weighted by atomic mass is 32.1. The number of carboxylic acid groups (broad SMARTS) is 1. The first-order valence-corrected chi connectivity index (χ1v) is 7.21. The Hall–Kier alpha value is -0.900.